The predicted octanol–water partition coefficient (Wildman–Crippen LogP) is 3.54. The highest BCUT2D eigenvalue weighted by atomic mass is 32.2. The molecule has 3 heterocycles. The molecule has 4 rings (SSSR count). The minimum atomic E-state index is -0.284. The van der Waals surface area contributed by atoms with Gasteiger partial charge in [-0.1, -0.05) is 17.8 Å². The summed E-state index contributed by atoms with van der Waals surface area (Å²) in [7, 11) is 0. The Hall–Kier alpha value is -2.36. The number of thiophene rings is 1. The first-order valence-electron chi connectivity index (χ1n) is 9.99. The molecule has 7 nitrogen and oxygen atoms in total. The Morgan fingerprint density at radius 1 is 1.27 bits per heavy atom. The van der Waals surface area contributed by atoms with Crippen molar-refractivity contribution >= 4 is 40.4 Å². The van der Waals surface area contributed by atoms with Crippen LogP contribution in [0.25, 0.3) is 0 Å². The van der Waals surface area contributed by atoms with Crippen LogP contribution in [0.1, 0.15) is 11.8 Å². The number of ether oxygens (including phenoxy) is 1. The van der Waals surface area contributed by atoms with Gasteiger partial charge in [-0.3, -0.25) is 4.79 Å². The van der Waals surface area contributed by atoms with Crippen molar-refractivity contribution in [2.45, 2.75) is 30.3 Å². The predicted molar refractivity (Wildman–Crippen MR) is 121 cm³/mol. The number of hydrogen-bond donors (Lipinski definition) is 1. The van der Waals surface area contributed by atoms with Gasteiger partial charge in [0.25, 0.3) is 0 Å². The van der Waals surface area contributed by atoms with E-state index < -0.39 is 0 Å². The van der Waals surface area contributed by atoms with E-state index in [-0.39, 0.29) is 11.2 Å². The second kappa shape index (κ2) is 10.1. The summed E-state index contributed by atoms with van der Waals surface area (Å²) in [4.78, 5) is 16.3. The largest absolute Gasteiger partial charge is 0.378 e. The second-order valence-electron chi connectivity index (χ2n) is 7.03. The number of aryl methyl sites for hydroxylation is 2. The van der Waals surface area contributed by atoms with Gasteiger partial charge in [-0.2, -0.15) is 0 Å². The maximum absolute atomic E-state index is 12.7. The Morgan fingerprint density at radius 3 is 2.80 bits per heavy atom. The molecule has 30 heavy (non-hydrogen) atoms. The molecule has 0 bridgehead atoms. The first-order valence-corrected chi connectivity index (χ1v) is 11.8. The third-order valence-corrected chi connectivity index (χ3v) is 6.95. The van der Waals surface area contributed by atoms with Gasteiger partial charge < -0.3 is 19.5 Å². The molecule has 0 aliphatic carbocycles. The van der Waals surface area contributed by atoms with Crippen LogP contribution in [0.5, 0.6) is 0 Å². The second-order valence-corrected chi connectivity index (χ2v) is 9.37. The van der Waals surface area contributed by atoms with Gasteiger partial charge >= 0.3 is 0 Å². The number of nitrogens with one attached hydrogen (secondary N) is 1. The van der Waals surface area contributed by atoms with Crippen LogP contribution in [0.4, 0.5) is 11.4 Å². The fraction of sp³-hybridized carbons (Fsp3) is 0.381. The van der Waals surface area contributed by atoms with E-state index >= 15 is 0 Å². The minimum absolute atomic E-state index is 0.0491. The van der Waals surface area contributed by atoms with Crippen molar-refractivity contribution in [2.24, 2.45) is 0 Å². The molecule has 1 aliphatic heterocycles. The van der Waals surface area contributed by atoms with E-state index in [0.717, 1.165) is 55.8 Å². The molecule has 1 atom stereocenters. The zero-order chi connectivity index (χ0) is 20.8. The fourth-order valence-corrected chi connectivity index (χ4v) is 4.76. The first kappa shape index (κ1) is 20.9. The van der Waals surface area contributed by atoms with Crippen LogP contribution in [0, 0.1) is 0 Å². The van der Waals surface area contributed by atoms with E-state index in [1.165, 1.54) is 16.6 Å². The molecule has 1 N–H and O–H groups in total. The van der Waals surface area contributed by atoms with E-state index in [0.29, 0.717) is 0 Å². The van der Waals surface area contributed by atoms with Crippen LogP contribution >= 0.6 is 23.1 Å². The summed E-state index contributed by atoms with van der Waals surface area (Å²) in [5.74, 6) is -0.0491. The molecule has 1 fully saturated rings. The molecule has 0 radical (unpaired) electrons. The summed E-state index contributed by atoms with van der Waals surface area (Å²) in [5, 5.41) is 13.8. The van der Waals surface area contributed by atoms with E-state index in [2.05, 4.69) is 37.9 Å². The summed E-state index contributed by atoms with van der Waals surface area (Å²) >= 11 is 3.17. The summed E-state index contributed by atoms with van der Waals surface area (Å²) < 4.78 is 7.40. The Bertz CT molecular complexity index is 937. The maximum Gasteiger partial charge on any atom is 0.237 e. The molecule has 0 spiro atoms. The normalized spacial score (nSPS) is 15.2. The van der Waals surface area contributed by atoms with Crippen molar-refractivity contribution < 1.29 is 9.53 Å². The van der Waals surface area contributed by atoms with E-state index in [1.54, 1.807) is 17.7 Å². The highest BCUT2D eigenvalue weighted by molar-refractivity contribution is 8.00. The number of carbonyl (C=O) groups excluding carboxylic acids is 1. The molecule has 0 unspecified atom stereocenters. The highest BCUT2D eigenvalue weighted by Gasteiger charge is 2.18. The summed E-state index contributed by atoms with van der Waals surface area (Å²) in [6.45, 7) is 5.99. The molecule has 1 aliphatic rings. The third-order valence-electron chi connectivity index (χ3n) is 4.92. The number of morpholine rings is 1. The molecular weight excluding hydrogens is 418 g/mol. The average molecular weight is 444 g/mol. The van der Waals surface area contributed by atoms with Crippen molar-refractivity contribution in [3.63, 3.8) is 0 Å². The summed E-state index contributed by atoms with van der Waals surface area (Å²) in [6.07, 6.45) is 2.66. The minimum Gasteiger partial charge on any atom is -0.378 e. The molecule has 9 heteroatoms. The van der Waals surface area contributed by atoms with Gasteiger partial charge in [0.05, 0.1) is 18.5 Å². The number of benzene rings is 1. The van der Waals surface area contributed by atoms with Crippen molar-refractivity contribution in [2.75, 3.05) is 36.5 Å². The smallest absolute Gasteiger partial charge is 0.237 e. The zero-order valence-corrected chi connectivity index (χ0v) is 18.5. The Balaban J connectivity index is 1.30. The third kappa shape index (κ3) is 5.41. The number of amides is 1. The van der Waals surface area contributed by atoms with Gasteiger partial charge in [0, 0.05) is 35.9 Å². The molecule has 2 aromatic heterocycles. The Kier molecular flexibility index (Phi) is 7.03. The van der Waals surface area contributed by atoms with Crippen LogP contribution < -0.4 is 10.2 Å². The number of hydrogen-bond acceptors (Lipinski definition) is 7. The maximum atomic E-state index is 12.7. The number of carbonyl (C=O) groups is 1. The van der Waals surface area contributed by atoms with Crippen LogP contribution in [-0.2, 0) is 22.5 Å². The lowest BCUT2D eigenvalue weighted by Gasteiger charge is -2.28. The molecule has 1 amide bonds. The number of aromatic nitrogens is 3. The molecule has 1 aromatic carbocycles. The fourth-order valence-electron chi connectivity index (χ4n) is 3.21. The van der Waals surface area contributed by atoms with Gasteiger partial charge in [-0.05, 0) is 49.1 Å². The topological polar surface area (TPSA) is 72.3 Å². The number of thioether (sulfide) groups is 1. The molecule has 0 saturated carbocycles. The Morgan fingerprint density at radius 2 is 2.07 bits per heavy atom. The lowest BCUT2D eigenvalue weighted by molar-refractivity contribution is -0.115. The first-order chi connectivity index (χ1) is 14.7. The van der Waals surface area contributed by atoms with E-state index in [4.69, 9.17) is 4.74 Å². The van der Waals surface area contributed by atoms with Crippen LogP contribution in [0.15, 0.2) is 53.3 Å². The van der Waals surface area contributed by atoms with Crippen LogP contribution in [0.2, 0.25) is 0 Å². The molecule has 158 valence electrons. The Labute approximate surface area is 184 Å². The van der Waals surface area contributed by atoms with Crippen molar-refractivity contribution in [3.05, 3.63) is 53.0 Å². The van der Waals surface area contributed by atoms with Crippen molar-refractivity contribution in [3.8, 4) is 0 Å². The van der Waals surface area contributed by atoms with E-state index in [1.807, 2.05) is 35.8 Å². The van der Waals surface area contributed by atoms with E-state index in [9.17, 15) is 4.79 Å². The monoisotopic (exact) mass is 443 g/mol. The van der Waals surface area contributed by atoms with Crippen molar-refractivity contribution in [1.82, 2.24) is 14.8 Å². The van der Waals surface area contributed by atoms with Crippen LogP contribution in [-0.4, -0.2) is 52.2 Å². The molecular formula is C21H25N5O2S2. The number of nitrogens with zero attached hydrogens (tertiary/aromatic N) is 4. The molecule has 1 saturated heterocycles. The summed E-state index contributed by atoms with van der Waals surface area (Å²) in [5.41, 5.74) is 1.95. The van der Waals surface area contributed by atoms with Gasteiger partial charge in [0.2, 0.25) is 5.91 Å². The quantitative estimate of drug-likeness (QED) is 0.537. The van der Waals surface area contributed by atoms with Gasteiger partial charge in [-0.15, -0.1) is 21.5 Å². The lowest BCUT2D eigenvalue weighted by atomic mass is 10.2. The number of anilines is 2. The zero-order valence-electron chi connectivity index (χ0n) is 16.9. The standard InChI is InChI=1S/C21H25N5O2S2/c1-16(30-21-24-22-15-26(21)9-8-19-3-2-14-29-19)20(27)23-17-4-6-18(7-5-17)25-10-12-28-13-11-25/h2-7,14-16H,8-13H2,1H3,(H,23,27)/t16-/m1/s1. The lowest BCUT2D eigenvalue weighted by Crippen LogP contribution is -2.36. The van der Waals surface area contributed by atoms with Gasteiger partial charge in [0.1, 0.15) is 6.33 Å². The SMILES string of the molecule is C[C@@H](Sc1nncn1CCc1cccs1)C(=O)Nc1ccc(N2CCOCC2)cc1. The van der Waals surface area contributed by atoms with Gasteiger partial charge in [-0.25, -0.2) is 0 Å². The highest BCUT2D eigenvalue weighted by Crippen LogP contribution is 2.24. The molecule has 3 aromatic rings. The van der Waals surface area contributed by atoms with Crippen molar-refractivity contribution in [1.29, 1.82) is 0 Å². The van der Waals surface area contributed by atoms with Crippen LogP contribution in [0.3, 0.4) is 0 Å². The number of rotatable bonds is 8. The summed E-state index contributed by atoms with van der Waals surface area (Å²) in [6, 6.07) is 12.2. The van der Waals surface area contributed by atoms with Gasteiger partial charge in [0.15, 0.2) is 5.16 Å². The average Bonchev–Trinajstić information content (AvgIpc) is 3.45.